The van der Waals surface area contributed by atoms with E-state index in [1.165, 1.54) is 28.9 Å². The van der Waals surface area contributed by atoms with Gasteiger partial charge in [0.15, 0.2) is 5.82 Å². The topological polar surface area (TPSA) is 69.0 Å². The van der Waals surface area contributed by atoms with Gasteiger partial charge < -0.3 is 10.1 Å². The molecule has 0 atom stereocenters. The maximum atomic E-state index is 13.3. The van der Waals surface area contributed by atoms with E-state index in [1.54, 1.807) is 31.4 Å². The highest BCUT2D eigenvalue weighted by Crippen LogP contribution is 2.22. The summed E-state index contributed by atoms with van der Waals surface area (Å²) in [5, 5.41) is 8.13. The van der Waals surface area contributed by atoms with Crippen molar-refractivity contribution in [2.75, 3.05) is 12.4 Å². The lowest BCUT2D eigenvalue weighted by molar-refractivity contribution is 0.0947. The first kappa shape index (κ1) is 20.6. The molecule has 1 aromatic heterocycles. The third kappa shape index (κ3) is 4.73. The molecule has 0 aliphatic heterocycles. The van der Waals surface area contributed by atoms with E-state index >= 15 is 0 Å². The molecule has 4 aromatic rings. The molecule has 0 radical (unpaired) electrons. The van der Waals surface area contributed by atoms with Crippen molar-refractivity contribution < 1.29 is 13.9 Å². The standard InChI is InChI=1S/C23H18ClFN4O2/c1-31-20-12-2-15(3-13-20)14-26-23-27-21(16-4-8-18(24)9-5-16)28-29(23)22(30)17-6-10-19(25)11-7-17/h2-13H,14H2,1H3,(H,26,27,28). The summed E-state index contributed by atoms with van der Waals surface area (Å²) in [4.78, 5) is 17.5. The number of carbonyl (C=O) groups is 1. The molecule has 31 heavy (non-hydrogen) atoms. The molecule has 0 amide bonds. The van der Waals surface area contributed by atoms with Crippen LogP contribution < -0.4 is 10.1 Å². The number of nitrogens with zero attached hydrogens (tertiary/aromatic N) is 3. The Bertz CT molecular complexity index is 1190. The number of aromatic nitrogens is 3. The zero-order valence-corrected chi connectivity index (χ0v) is 17.3. The van der Waals surface area contributed by atoms with Gasteiger partial charge in [-0.2, -0.15) is 9.67 Å². The fraction of sp³-hybridized carbons (Fsp3) is 0.0870. The first-order chi connectivity index (χ1) is 15.0. The molecule has 0 spiro atoms. The van der Waals surface area contributed by atoms with Gasteiger partial charge in [0.05, 0.1) is 7.11 Å². The molecule has 1 N–H and O–H groups in total. The molecule has 1 heterocycles. The van der Waals surface area contributed by atoms with Crippen LogP contribution in [0.1, 0.15) is 15.9 Å². The van der Waals surface area contributed by atoms with Crippen molar-refractivity contribution >= 4 is 23.5 Å². The average molecular weight is 437 g/mol. The van der Waals surface area contributed by atoms with E-state index in [0.717, 1.165) is 11.3 Å². The highest BCUT2D eigenvalue weighted by Gasteiger charge is 2.19. The van der Waals surface area contributed by atoms with Crippen molar-refractivity contribution in [1.29, 1.82) is 0 Å². The number of nitrogens with one attached hydrogen (secondary N) is 1. The normalized spacial score (nSPS) is 10.7. The fourth-order valence-corrected chi connectivity index (χ4v) is 3.05. The predicted molar refractivity (Wildman–Crippen MR) is 117 cm³/mol. The summed E-state index contributed by atoms with van der Waals surface area (Å²) < 4.78 is 19.6. The van der Waals surface area contributed by atoms with E-state index in [2.05, 4.69) is 15.4 Å². The minimum atomic E-state index is -0.426. The highest BCUT2D eigenvalue weighted by atomic mass is 35.5. The highest BCUT2D eigenvalue weighted by molar-refractivity contribution is 6.30. The van der Waals surface area contributed by atoms with E-state index in [0.29, 0.717) is 28.5 Å². The molecule has 0 saturated heterocycles. The van der Waals surface area contributed by atoms with Gasteiger partial charge in [-0.05, 0) is 66.2 Å². The summed E-state index contributed by atoms with van der Waals surface area (Å²) in [7, 11) is 1.61. The summed E-state index contributed by atoms with van der Waals surface area (Å²) in [5.74, 6) is 0.544. The second kappa shape index (κ2) is 8.97. The molecule has 4 rings (SSSR count). The summed E-state index contributed by atoms with van der Waals surface area (Å²) in [6.07, 6.45) is 0. The largest absolute Gasteiger partial charge is 0.497 e. The SMILES string of the molecule is COc1ccc(CNc2nc(-c3ccc(Cl)cc3)nn2C(=O)c2ccc(F)cc2)cc1. The van der Waals surface area contributed by atoms with E-state index in [1.807, 2.05) is 24.3 Å². The van der Waals surface area contributed by atoms with Crippen molar-refractivity contribution in [3.8, 4) is 17.1 Å². The van der Waals surface area contributed by atoms with Crippen LogP contribution in [0.5, 0.6) is 5.75 Å². The van der Waals surface area contributed by atoms with Crippen LogP contribution in [0.3, 0.4) is 0 Å². The van der Waals surface area contributed by atoms with E-state index < -0.39 is 11.7 Å². The molecular weight excluding hydrogens is 419 g/mol. The number of methoxy groups -OCH3 is 1. The van der Waals surface area contributed by atoms with Gasteiger partial charge in [-0.15, -0.1) is 5.10 Å². The number of hydrogen-bond donors (Lipinski definition) is 1. The van der Waals surface area contributed by atoms with Crippen LogP contribution in [0.4, 0.5) is 10.3 Å². The maximum Gasteiger partial charge on any atom is 0.281 e. The summed E-state index contributed by atoms with van der Waals surface area (Å²) in [6.45, 7) is 0.416. The fourth-order valence-electron chi connectivity index (χ4n) is 2.93. The van der Waals surface area contributed by atoms with Crippen molar-refractivity contribution in [2.45, 2.75) is 6.54 Å². The molecular formula is C23H18ClFN4O2. The molecule has 0 saturated carbocycles. The third-order valence-corrected chi connectivity index (χ3v) is 4.85. The van der Waals surface area contributed by atoms with Gasteiger partial charge in [0.2, 0.25) is 5.95 Å². The van der Waals surface area contributed by atoms with Crippen LogP contribution in [0.15, 0.2) is 72.8 Å². The van der Waals surface area contributed by atoms with Gasteiger partial charge in [-0.3, -0.25) is 4.79 Å². The van der Waals surface area contributed by atoms with Crippen LogP contribution in [-0.2, 0) is 6.54 Å². The van der Waals surface area contributed by atoms with Gasteiger partial charge in [-0.1, -0.05) is 23.7 Å². The first-order valence-corrected chi connectivity index (χ1v) is 9.81. The number of rotatable bonds is 6. The second-order valence-corrected chi connectivity index (χ2v) is 7.13. The van der Waals surface area contributed by atoms with Crippen LogP contribution in [0, 0.1) is 5.82 Å². The van der Waals surface area contributed by atoms with Gasteiger partial charge in [0.1, 0.15) is 11.6 Å². The van der Waals surface area contributed by atoms with Gasteiger partial charge in [0, 0.05) is 22.7 Å². The molecule has 3 aromatic carbocycles. The molecule has 156 valence electrons. The second-order valence-electron chi connectivity index (χ2n) is 6.69. The number of carbonyl (C=O) groups excluding carboxylic acids is 1. The Morgan fingerprint density at radius 2 is 1.71 bits per heavy atom. The zero-order valence-electron chi connectivity index (χ0n) is 16.5. The third-order valence-electron chi connectivity index (χ3n) is 4.60. The van der Waals surface area contributed by atoms with Crippen molar-refractivity contribution in [3.05, 3.63) is 94.8 Å². The minimum absolute atomic E-state index is 0.273. The molecule has 0 aliphatic carbocycles. The van der Waals surface area contributed by atoms with Crippen LogP contribution >= 0.6 is 11.6 Å². The Balaban J connectivity index is 1.66. The van der Waals surface area contributed by atoms with Gasteiger partial charge >= 0.3 is 0 Å². The Kier molecular flexibility index (Phi) is 5.95. The molecule has 0 aliphatic rings. The minimum Gasteiger partial charge on any atom is -0.497 e. The lowest BCUT2D eigenvalue weighted by Gasteiger charge is -2.08. The number of halogens is 2. The van der Waals surface area contributed by atoms with E-state index in [-0.39, 0.29) is 5.95 Å². The predicted octanol–water partition coefficient (Wildman–Crippen LogP) is 5.05. The number of ether oxygens (including phenoxy) is 1. The molecule has 0 bridgehead atoms. The lowest BCUT2D eigenvalue weighted by Crippen LogP contribution is -2.17. The Morgan fingerprint density at radius 1 is 1.03 bits per heavy atom. The van der Waals surface area contributed by atoms with Crippen molar-refractivity contribution in [2.24, 2.45) is 0 Å². The number of benzene rings is 3. The van der Waals surface area contributed by atoms with Gasteiger partial charge in [0.25, 0.3) is 5.91 Å². The Morgan fingerprint density at radius 3 is 2.35 bits per heavy atom. The van der Waals surface area contributed by atoms with Crippen LogP contribution in [0.25, 0.3) is 11.4 Å². The van der Waals surface area contributed by atoms with E-state index in [4.69, 9.17) is 16.3 Å². The van der Waals surface area contributed by atoms with Crippen molar-refractivity contribution in [1.82, 2.24) is 14.8 Å². The maximum absolute atomic E-state index is 13.3. The number of anilines is 1. The first-order valence-electron chi connectivity index (χ1n) is 9.43. The van der Waals surface area contributed by atoms with Crippen LogP contribution in [0.2, 0.25) is 5.02 Å². The number of hydrogen-bond acceptors (Lipinski definition) is 5. The zero-order chi connectivity index (χ0) is 21.8. The van der Waals surface area contributed by atoms with Crippen molar-refractivity contribution in [3.63, 3.8) is 0 Å². The lowest BCUT2D eigenvalue weighted by atomic mass is 10.2. The summed E-state index contributed by atoms with van der Waals surface area (Å²) in [5.41, 5.74) is 1.97. The Labute approximate surface area is 183 Å². The molecule has 6 nitrogen and oxygen atoms in total. The molecule has 0 unspecified atom stereocenters. The van der Waals surface area contributed by atoms with E-state index in [9.17, 15) is 9.18 Å². The summed E-state index contributed by atoms with van der Waals surface area (Å²) >= 11 is 5.97. The molecule has 0 fully saturated rings. The van der Waals surface area contributed by atoms with Crippen LogP contribution in [-0.4, -0.2) is 27.8 Å². The quantitative estimate of drug-likeness (QED) is 0.458. The Hall–Kier alpha value is -3.71. The molecule has 8 heteroatoms. The monoisotopic (exact) mass is 436 g/mol. The average Bonchev–Trinajstić information content (AvgIpc) is 3.23. The van der Waals surface area contributed by atoms with Gasteiger partial charge in [-0.25, -0.2) is 4.39 Å². The smallest absolute Gasteiger partial charge is 0.281 e. The summed E-state index contributed by atoms with van der Waals surface area (Å²) in [6, 6.07) is 19.8.